The van der Waals surface area contributed by atoms with E-state index in [1.807, 2.05) is 48.7 Å². The molecule has 0 bridgehead atoms. The van der Waals surface area contributed by atoms with Gasteiger partial charge in [0, 0.05) is 11.6 Å². The smallest absolute Gasteiger partial charge is 0.305 e. The summed E-state index contributed by atoms with van der Waals surface area (Å²) in [6.07, 6.45) is 0.526. The van der Waals surface area contributed by atoms with Crippen molar-refractivity contribution >= 4 is 23.2 Å². The lowest BCUT2D eigenvalue weighted by Gasteiger charge is -2.14. The number of carbonyl (C=O) groups excluding carboxylic acids is 1. The van der Waals surface area contributed by atoms with Gasteiger partial charge < -0.3 is 10.4 Å². The third-order valence-electron chi connectivity index (χ3n) is 3.21. The zero-order chi connectivity index (χ0) is 15.2. The predicted octanol–water partition coefficient (Wildman–Crippen LogP) is 3.40. The number of hydrogen-bond acceptors (Lipinski definition) is 3. The van der Waals surface area contributed by atoms with E-state index in [0.717, 1.165) is 11.1 Å². The Bertz CT molecular complexity index is 621. The summed E-state index contributed by atoms with van der Waals surface area (Å²) in [5, 5.41) is 13.5. The third kappa shape index (κ3) is 3.92. The molecule has 0 aliphatic rings. The quantitative estimate of drug-likeness (QED) is 0.859. The maximum Gasteiger partial charge on any atom is 0.305 e. The zero-order valence-corrected chi connectivity index (χ0v) is 12.5. The molecular weight excluding hydrogens is 286 g/mol. The van der Waals surface area contributed by atoms with Crippen LogP contribution in [0.3, 0.4) is 0 Å². The number of nitrogens with one attached hydrogen (secondary N) is 1. The summed E-state index contributed by atoms with van der Waals surface area (Å²) < 4.78 is 0. The Morgan fingerprint density at radius 1 is 1.24 bits per heavy atom. The van der Waals surface area contributed by atoms with Crippen LogP contribution in [0.5, 0.6) is 0 Å². The Hall–Kier alpha value is -2.14. The van der Waals surface area contributed by atoms with Crippen LogP contribution in [-0.2, 0) is 4.79 Å². The number of carboxylic acids is 1. The molecule has 21 heavy (non-hydrogen) atoms. The van der Waals surface area contributed by atoms with Crippen molar-refractivity contribution in [1.82, 2.24) is 5.32 Å². The molecule has 0 aliphatic carbocycles. The first-order valence-electron chi connectivity index (χ1n) is 6.77. The van der Waals surface area contributed by atoms with Gasteiger partial charge in [-0.25, -0.2) is 0 Å². The first-order valence-corrected chi connectivity index (χ1v) is 7.65. The molecule has 2 aromatic rings. The number of carbonyl (C=O) groups is 2. The standard InChI is InChI=1S/C16H17NO3S/c1-2-12(10-14(18)19)17-16(20)15-13(8-9-21-15)11-6-4-3-5-7-11/h3-9,12H,2,10H2,1H3,(H,17,20)(H,18,19). The summed E-state index contributed by atoms with van der Waals surface area (Å²) in [5.41, 5.74) is 1.86. The molecule has 2 rings (SSSR count). The molecule has 1 aromatic carbocycles. The molecule has 0 spiro atoms. The van der Waals surface area contributed by atoms with Gasteiger partial charge in [-0.2, -0.15) is 0 Å². The largest absolute Gasteiger partial charge is 0.481 e. The first-order chi connectivity index (χ1) is 10.1. The molecule has 1 heterocycles. The molecule has 0 saturated heterocycles. The Kier molecular flexibility index (Phi) is 5.11. The fourth-order valence-electron chi connectivity index (χ4n) is 2.09. The Morgan fingerprint density at radius 2 is 1.95 bits per heavy atom. The average molecular weight is 303 g/mol. The molecule has 1 unspecified atom stereocenters. The Balaban J connectivity index is 2.17. The van der Waals surface area contributed by atoms with Gasteiger partial charge in [-0.15, -0.1) is 11.3 Å². The highest BCUT2D eigenvalue weighted by molar-refractivity contribution is 7.12. The van der Waals surface area contributed by atoms with Gasteiger partial charge in [-0.05, 0) is 23.4 Å². The van der Waals surface area contributed by atoms with E-state index < -0.39 is 5.97 Å². The molecule has 1 aromatic heterocycles. The SMILES string of the molecule is CCC(CC(=O)O)NC(=O)c1sccc1-c1ccccc1. The van der Waals surface area contributed by atoms with Gasteiger partial charge in [0.05, 0.1) is 11.3 Å². The number of hydrogen-bond donors (Lipinski definition) is 2. The minimum absolute atomic E-state index is 0.0612. The first kappa shape index (κ1) is 15.3. The van der Waals surface area contributed by atoms with E-state index in [9.17, 15) is 9.59 Å². The predicted molar refractivity (Wildman–Crippen MR) is 83.6 cm³/mol. The molecule has 4 nitrogen and oxygen atoms in total. The van der Waals surface area contributed by atoms with Crippen molar-refractivity contribution in [1.29, 1.82) is 0 Å². The van der Waals surface area contributed by atoms with Gasteiger partial charge in [-0.3, -0.25) is 9.59 Å². The van der Waals surface area contributed by atoms with Gasteiger partial charge in [-0.1, -0.05) is 37.3 Å². The highest BCUT2D eigenvalue weighted by Gasteiger charge is 2.19. The van der Waals surface area contributed by atoms with Crippen LogP contribution in [0, 0.1) is 0 Å². The number of aliphatic carboxylic acids is 1. The second-order valence-corrected chi connectivity index (χ2v) is 5.62. The van der Waals surface area contributed by atoms with E-state index in [4.69, 9.17) is 5.11 Å². The minimum Gasteiger partial charge on any atom is -0.481 e. The molecule has 110 valence electrons. The molecule has 0 saturated carbocycles. The second-order valence-electron chi connectivity index (χ2n) is 4.71. The minimum atomic E-state index is -0.906. The van der Waals surface area contributed by atoms with Crippen molar-refractivity contribution in [2.24, 2.45) is 0 Å². The summed E-state index contributed by atoms with van der Waals surface area (Å²) in [6.45, 7) is 1.86. The molecule has 1 atom stereocenters. The fourth-order valence-corrected chi connectivity index (χ4v) is 2.91. The third-order valence-corrected chi connectivity index (χ3v) is 4.12. The number of thiophene rings is 1. The lowest BCUT2D eigenvalue weighted by atomic mass is 10.1. The van der Waals surface area contributed by atoms with Gasteiger partial charge in [0.25, 0.3) is 5.91 Å². The highest BCUT2D eigenvalue weighted by Crippen LogP contribution is 2.28. The number of carboxylic acid groups (broad SMARTS) is 1. The van der Waals surface area contributed by atoms with Crippen LogP contribution in [0.25, 0.3) is 11.1 Å². The van der Waals surface area contributed by atoms with Gasteiger partial charge in [0.1, 0.15) is 0 Å². The topological polar surface area (TPSA) is 66.4 Å². The van der Waals surface area contributed by atoms with Gasteiger partial charge in [0.15, 0.2) is 0 Å². The lowest BCUT2D eigenvalue weighted by molar-refractivity contribution is -0.137. The van der Waals surface area contributed by atoms with E-state index in [1.54, 1.807) is 0 Å². The van der Waals surface area contributed by atoms with Crippen molar-refractivity contribution < 1.29 is 14.7 Å². The van der Waals surface area contributed by atoms with Crippen molar-refractivity contribution in [3.63, 3.8) is 0 Å². The maximum atomic E-state index is 12.4. The van der Waals surface area contributed by atoms with Crippen LogP contribution in [0.15, 0.2) is 41.8 Å². The molecular formula is C16H17NO3S. The molecule has 0 aliphatic heterocycles. The van der Waals surface area contributed by atoms with E-state index in [-0.39, 0.29) is 18.4 Å². The summed E-state index contributed by atoms with van der Waals surface area (Å²) >= 11 is 1.36. The summed E-state index contributed by atoms with van der Waals surface area (Å²) in [7, 11) is 0. The second kappa shape index (κ2) is 7.04. The van der Waals surface area contributed by atoms with Crippen LogP contribution < -0.4 is 5.32 Å². The maximum absolute atomic E-state index is 12.4. The summed E-state index contributed by atoms with van der Waals surface area (Å²) in [6, 6.07) is 11.2. The van der Waals surface area contributed by atoms with Crippen LogP contribution in [0.1, 0.15) is 29.4 Å². The zero-order valence-electron chi connectivity index (χ0n) is 11.7. The monoisotopic (exact) mass is 303 g/mol. The number of rotatable bonds is 6. The van der Waals surface area contributed by atoms with Crippen molar-refractivity contribution in [3.05, 3.63) is 46.7 Å². The van der Waals surface area contributed by atoms with E-state index in [2.05, 4.69) is 5.32 Å². The molecule has 5 heteroatoms. The summed E-state index contributed by atoms with van der Waals surface area (Å²) in [4.78, 5) is 23.7. The van der Waals surface area contributed by atoms with Crippen LogP contribution >= 0.6 is 11.3 Å². The van der Waals surface area contributed by atoms with Crippen LogP contribution in [-0.4, -0.2) is 23.0 Å². The van der Waals surface area contributed by atoms with Crippen molar-refractivity contribution in [2.75, 3.05) is 0 Å². The summed E-state index contributed by atoms with van der Waals surface area (Å²) in [5.74, 6) is -1.12. The van der Waals surface area contributed by atoms with Gasteiger partial charge in [0.2, 0.25) is 0 Å². The van der Waals surface area contributed by atoms with E-state index >= 15 is 0 Å². The molecule has 1 amide bonds. The Morgan fingerprint density at radius 3 is 2.57 bits per heavy atom. The van der Waals surface area contributed by atoms with Crippen LogP contribution in [0.2, 0.25) is 0 Å². The Labute approximate surface area is 127 Å². The van der Waals surface area contributed by atoms with Gasteiger partial charge >= 0.3 is 5.97 Å². The number of amides is 1. The fraction of sp³-hybridized carbons (Fsp3) is 0.250. The highest BCUT2D eigenvalue weighted by atomic mass is 32.1. The molecule has 2 N–H and O–H groups in total. The van der Waals surface area contributed by atoms with Crippen molar-refractivity contribution in [3.8, 4) is 11.1 Å². The lowest BCUT2D eigenvalue weighted by Crippen LogP contribution is -2.35. The van der Waals surface area contributed by atoms with E-state index in [1.165, 1.54) is 11.3 Å². The number of benzene rings is 1. The molecule has 0 radical (unpaired) electrons. The average Bonchev–Trinajstić information content (AvgIpc) is 2.96. The van der Waals surface area contributed by atoms with Crippen molar-refractivity contribution in [2.45, 2.75) is 25.8 Å². The van der Waals surface area contributed by atoms with E-state index in [0.29, 0.717) is 11.3 Å². The normalized spacial score (nSPS) is 11.9. The molecule has 0 fully saturated rings. The van der Waals surface area contributed by atoms with Crippen LogP contribution in [0.4, 0.5) is 0 Å².